The van der Waals surface area contributed by atoms with Crippen LogP contribution in [0.3, 0.4) is 0 Å². The Morgan fingerprint density at radius 3 is 2.58 bits per heavy atom. The van der Waals surface area contributed by atoms with Crippen molar-refractivity contribution in [1.82, 2.24) is 5.32 Å². The number of nitrogens with one attached hydrogen (secondary N) is 2. The van der Waals surface area contributed by atoms with Gasteiger partial charge >= 0.3 is 6.18 Å². The summed E-state index contributed by atoms with van der Waals surface area (Å²) >= 11 is 0. The van der Waals surface area contributed by atoms with Crippen LogP contribution < -0.4 is 15.5 Å². The number of nitrogens with zero attached hydrogens (tertiary/aromatic N) is 1. The van der Waals surface area contributed by atoms with Crippen LogP contribution in [0.25, 0.3) is 0 Å². The van der Waals surface area contributed by atoms with Gasteiger partial charge in [-0.1, -0.05) is 0 Å². The van der Waals surface area contributed by atoms with Crippen LogP contribution in [0.4, 0.5) is 24.5 Å². The molecule has 2 heterocycles. The molecular weight excluding hydrogens is 255 g/mol. The lowest BCUT2D eigenvalue weighted by molar-refractivity contribution is -0.137. The molecular formula is C13H15F3N3. The third-order valence-electron chi connectivity index (χ3n) is 3.66. The van der Waals surface area contributed by atoms with Crippen molar-refractivity contribution in [1.29, 1.82) is 0 Å². The zero-order valence-electron chi connectivity index (χ0n) is 10.3. The van der Waals surface area contributed by atoms with E-state index in [0.29, 0.717) is 5.69 Å². The smallest absolute Gasteiger partial charge is 0.360 e. The van der Waals surface area contributed by atoms with Gasteiger partial charge in [0.1, 0.15) is 6.67 Å². The van der Waals surface area contributed by atoms with Gasteiger partial charge in [-0.2, -0.15) is 13.2 Å². The second kappa shape index (κ2) is 4.59. The summed E-state index contributed by atoms with van der Waals surface area (Å²) in [7, 11) is 0. The van der Waals surface area contributed by atoms with E-state index in [4.69, 9.17) is 0 Å². The van der Waals surface area contributed by atoms with Crippen molar-refractivity contribution in [3.63, 3.8) is 0 Å². The Kier molecular flexibility index (Phi) is 3.05. The van der Waals surface area contributed by atoms with E-state index in [0.717, 1.165) is 37.7 Å². The van der Waals surface area contributed by atoms with Crippen LogP contribution in [0.2, 0.25) is 0 Å². The van der Waals surface area contributed by atoms with Crippen LogP contribution in [0, 0.1) is 6.67 Å². The van der Waals surface area contributed by atoms with E-state index in [1.54, 1.807) is 6.67 Å². The SMILES string of the molecule is FC(F)(F)c1ccc2c(c1)N(C1CCNCC1)[CH]N2. The minimum absolute atomic E-state index is 0.262. The number of hydrogen-bond donors (Lipinski definition) is 2. The number of fused-ring (bicyclic) bond motifs is 1. The lowest BCUT2D eigenvalue weighted by atomic mass is 10.0. The molecule has 0 bridgehead atoms. The molecule has 0 aromatic heterocycles. The van der Waals surface area contributed by atoms with E-state index in [9.17, 15) is 13.2 Å². The van der Waals surface area contributed by atoms with Crippen molar-refractivity contribution in [2.24, 2.45) is 0 Å². The van der Waals surface area contributed by atoms with E-state index in [2.05, 4.69) is 10.6 Å². The van der Waals surface area contributed by atoms with Gasteiger partial charge in [-0.25, -0.2) is 0 Å². The fraction of sp³-hybridized carbons (Fsp3) is 0.462. The monoisotopic (exact) mass is 270 g/mol. The molecule has 1 radical (unpaired) electrons. The summed E-state index contributed by atoms with van der Waals surface area (Å²) in [6, 6.07) is 4.10. The van der Waals surface area contributed by atoms with Gasteiger partial charge in [-0.3, -0.25) is 0 Å². The number of rotatable bonds is 1. The number of benzene rings is 1. The maximum Gasteiger partial charge on any atom is 0.416 e. The van der Waals surface area contributed by atoms with E-state index >= 15 is 0 Å². The van der Waals surface area contributed by atoms with Crippen molar-refractivity contribution < 1.29 is 13.2 Å². The molecule has 2 N–H and O–H groups in total. The van der Waals surface area contributed by atoms with Gasteiger partial charge in [0.2, 0.25) is 0 Å². The van der Waals surface area contributed by atoms with Crippen molar-refractivity contribution in [3.05, 3.63) is 30.4 Å². The van der Waals surface area contributed by atoms with Crippen LogP contribution in [-0.4, -0.2) is 19.1 Å². The van der Waals surface area contributed by atoms with Gasteiger partial charge in [-0.05, 0) is 44.1 Å². The summed E-state index contributed by atoms with van der Waals surface area (Å²) in [6.07, 6.45) is -2.42. The molecule has 0 spiro atoms. The first-order valence-corrected chi connectivity index (χ1v) is 6.36. The number of piperidine rings is 1. The molecule has 0 amide bonds. The maximum absolute atomic E-state index is 12.8. The Bertz CT molecular complexity index is 467. The summed E-state index contributed by atoms with van der Waals surface area (Å²) < 4.78 is 38.3. The fourth-order valence-corrected chi connectivity index (χ4v) is 2.64. The molecule has 6 heteroatoms. The maximum atomic E-state index is 12.8. The molecule has 0 unspecified atom stereocenters. The highest BCUT2D eigenvalue weighted by atomic mass is 19.4. The summed E-state index contributed by atoms with van der Waals surface area (Å²) in [5.41, 5.74) is 0.774. The van der Waals surface area contributed by atoms with E-state index in [-0.39, 0.29) is 6.04 Å². The summed E-state index contributed by atoms with van der Waals surface area (Å²) in [4.78, 5) is 1.94. The summed E-state index contributed by atoms with van der Waals surface area (Å²) in [5, 5.41) is 6.30. The summed E-state index contributed by atoms with van der Waals surface area (Å²) in [5.74, 6) is 0. The highest BCUT2D eigenvalue weighted by Crippen LogP contribution is 2.40. The molecule has 2 aliphatic rings. The lowest BCUT2D eigenvalue weighted by Crippen LogP contribution is -2.41. The Morgan fingerprint density at radius 1 is 1.16 bits per heavy atom. The van der Waals surface area contributed by atoms with Crippen LogP contribution >= 0.6 is 0 Å². The first-order chi connectivity index (χ1) is 9.05. The molecule has 1 fully saturated rings. The fourth-order valence-electron chi connectivity index (χ4n) is 2.64. The third-order valence-corrected chi connectivity index (χ3v) is 3.66. The van der Waals surface area contributed by atoms with Crippen molar-refractivity contribution >= 4 is 11.4 Å². The van der Waals surface area contributed by atoms with Gasteiger partial charge in [-0.15, -0.1) is 0 Å². The second-order valence-electron chi connectivity index (χ2n) is 4.89. The van der Waals surface area contributed by atoms with Crippen LogP contribution in [-0.2, 0) is 6.18 Å². The Morgan fingerprint density at radius 2 is 1.89 bits per heavy atom. The number of anilines is 2. The predicted octanol–water partition coefficient (Wildman–Crippen LogP) is 2.81. The van der Waals surface area contributed by atoms with Crippen LogP contribution in [0.5, 0.6) is 0 Å². The van der Waals surface area contributed by atoms with Gasteiger partial charge < -0.3 is 15.5 Å². The molecule has 3 rings (SSSR count). The average molecular weight is 270 g/mol. The third kappa shape index (κ3) is 2.36. The van der Waals surface area contributed by atoms with Gasteiger partial charge in [0.05, 0.1) is 16.9 Å². The lowest BCUT2D eigenvalue weighted by Gasteiger charge is -2.32. The Hall–Kier alpha value is -1.43. The van der Waals surface area contributed by atoms with E-state index in [1.165, 1.54) is 12.1 Å². The molecule has 0 aliphatic carbocycles. The molecule has 0 saturated carbocycles. The molecule has 2 aliphatic heterocycles. The Labute approximate surface area is 109 Å². The summed E-state index contributed by atoms with van der Waals surface area (Å²) in [6.45, 7) is 3.59. The quantitative estimate of drug-likeness (QED) is 0.821. The topological polar surface area (TPSA) is 27.3 Å². The molecule has 103 valence electrons. The zero-order valence-corrected chi connectivity index (χ0v) is 10.3. The Balaban J connectivity index is 1.89. The minimum atomic E-state index is -4.29. The van der Waals surface area contributed by atoms with Gasteiger partial charge in [0, 0.05) is 6.04 Å². The van der Waals surface area contributed by atoms with Gasteiger partial charge in [0.25, 0.3) is 0 Å². The van der Waals surface area contributed by atoms with Crippen LogP contribution in [0.15, 0.2) is 18.2 Å². The number of halogens is 3. The standard InChI is InChI=1S/C13H15F3N3/c14-13(15,16)9-1-2-11-12(7-9)19(8-18-11)10-3-5-17-6-4-10/h1-2,7-8,10,17-18H,3-6H2. The number of alkyl halides is 3. The van der Waals surface area contributed by atoms with Gasteiger partial charge in [0.15, 0.2) is 0 Å². The largest absolute Gasteiger partial charge is 0.416 e. The molecule has 0 atom stereocenters. The second-order valence-corrected chi connectivity index (χ2v) is 4.89. The highest BCUT2D eigenvalue weighted by Gasteiger charge is 2.34. The van der Waals surface area contributed by atoms with Crippen molar-refractivity contribution in [2.45, 2.75) is 25.1 Å². The van der Waals surface area contributed by atoms with E-state index in [1.807, 2.05) is 4.90 Å². The molecule has 3 nitrogen and oxygen atoms in total. The first-order valence-electron chi connectivity index (χ1n) is 6.36. The molecule has 19 heavy (non-hydrogen) atoms. The van der Waals surface area contributed by atoms with Crippen molar-refractivity contribution in [3.8, 4) is 0 Å². The molecule has 1 aromatic rings. The first kappa shape index (κ1) is 12.6. The van der Waals surface area contributed by atoms with Crippen LogP contribution in [0.1, 0.15) is 18.4 Å². The average Bonchev–Trinajstić information content (AvgIpc) is 2.81. The molecule has 1 saturated heterocycles. The van der Waals surface area contributed by atoms with Crippen molar-refractivity contribution in [2.75, 3.05) is 23.3 Å². The molecule has 1 aromatic carbocycles. The highest BCUT2D eigenvalue weighted by molar-refractivity contribution is 5.78. The minimum Gasteiger partial charge on any atom is -0.360 e. The normalized spacial score (nSPS) is 20.3. The zero-order chi connectivity index (χ0) is 13.5. The predicted molar refractivity (Wildman–Crippen MR) is 67.7 cm³/mol. The van der Waals surface area contributed by atoms with E-state index < -0.39 is 11.7 Å². The number of hydrogen-bond acceptors (Lipinski definition) is 3.